The van der Waals surface area contributed by atoms with E-state index in [2.05, 4.69) is 0 Å². The monoisotopic (exact) mass is 173 g/mol. The summed E-state index contributed by atoms with van der Waals surface area (Å²) in [7, 11) is 1.86. The summed E-state index contributed by atoms with van der Waals surface area (Å²) in [6.07, 6.45) is 1.24. The number of likely N-dealkylation sites (N-methyl/N-ethyl adjacent to an activating group) is 1. The lowest BCUT2D eigenvalue weighted by Gasteiger charge is -2.35. The summed E-state index contributed by atoms with van der Waals surface area (Å²) in [4.78, 5) is 12.3. The summed E-state index contributed by atoms with van der Waals surface area (Å²) in [6.45, 7) is 0.884. The maximum Gasteiger partial charge on any atom is 0.305 e. The van der Waals surface area contributed by atoms with E-state index in [1.807, 2.05) is 11.9 Å². The van der Waals surface area contributed by atoms with Crippen molar-refractivity contribution in [2.75, 3.05) is 13.6 Å². The number of aliphatic carboxylic acids is 1. The smallest absolute Gasteiger partial charge is 0.305 e. The number of nitrogens with zero attached hydrogens (tertiary/aromatic N) is 1. The number of carboxylic acids is 1. The highest BCUT2D eigenvalue weighted by molar-refractivity contribution is 5.67. The molecule has 1 fully saturated rings. The van der Waals surface area contributed by atoms with Crippen LogP contribution in [0.1, 0.15) is 19.3 Å². The first-order chi connectivity index (χ1) is 5.61. The third-order valence-corrected chi connectivity index (χ3v) is 2.40. The number of aliphatic hydroxyl groups is 1. The van der Waals surface area contributed by atoms with Crippen LogP contribution in [0.15, 0.2) is 0 Å². The van der Waals surface area contributed by atoms with Crippen molar-refractivity contribution in [1.82, 2.24) is 4.90 Å². The van der Waals surface area contributed by atoms with Crippen LogP contribution in [0.3, 0.4) is 0 Å². The Hall–Kier alpha value is -0.610. The Balaban J connectivity index is 2.50. The third-order valence-electron chi connectivity index (χ3n) is 2.40. The van der Waals surface area contributed by atoms with Crippen LogP contribution in [-0.2, 0) is 4.79 Å². The van der Waals surface area contributed by atoms with Gasteiger partial charge in [0.05, 0.1) is 12.5 Å². The Labute approximate surface area is 71.8 Å². The molecule has 4 nitrogen and oxygen atoms in total. The van der Waals surface area contributed by atoms with E-state index >= 15 is 0 Å². The highest BCUT2D eigenvalue weighted by atomic mass is 16.4. The minimum Gasteiger partial charge on any atom is -0.481 e. The van der Waals surface area contributed by atoms with Gasteiger partial charge in [-0.3, -0.25) is 4.79 Å². The molecule has 1 aliphatic rings. The van der Waals surface area contributed by atoms with E-state index in [9.17, 15) is 9.90 Å². The second-order valence-corrected chi connectivity index (χ2v) is 3.36. The standard InChI is InChI=1S/C8H15NO3/c1-9-4-2-3-7(10)6(9)5-8(11)12/h6-7,10H,2-5H2,1H3,(H,11,12). The molecule has 12 heavy (non-hydrogen) atoms. The fourth-order valence-corrected chi connectivity index (χ4v) is 1.67. The summed E-state index contributed by atoms with van der Waals surface area (Å²) in [5.41, 5.74) is 0. The molecular formula is C8H15NO3. The number of rotatable bonds is 2. The largest absolute Gasteiger partial charge is 0.481 e. The number of hydrogen-bond acceptors (Lipinski definition) is 3. The van der Waals surface area contributed by atoms with Crippen molar-refractivity contribution in [3.05, 3.63) is 0 Å². The quantitative estimate of drug-likeness (QED) is 0.613. The molecule has 0 aromatic rings. The Morgan fingerprint density at radius 3 is 2.83 bits per heavy atom. The van der Waals surface area contributed by atoms with Crippen LogP contribution in [0.5, 0.6) is 0 Å². The van der Waals surface area contributed by atoms with Gasteiger partial charge in [-0.15, -0.1) is 0 Å². The van der Waals surface area contributed by atoms with Gasteiger partial charge in [0.25, 0.3) is 0 Å². The summed E-state index contributed by atoms with van der Waals surface area (Å²) >= 11 is 0. The van der Waals surface area contributed by atoms with E-state index < -0.39 is 12.1 Å². The molecule has 1 saturated heterocycles. The molecule has 0 radical (unpaired) electrons. The summed E-state index contributed by atoms with van der Waals surface area (Å²) < 4.78 is 0. The van der Waals surface area contributed by atoms with Crippen LogP contribution in [0.4, 0.5) is 0 Å². The molecule has 1 aliphatic heterocycles. The molecule has 70 valence electrons. The molecule has 1 heterocycles. The molecule has 0 saturated carbocycles. The lowest BCUT2D eigenvalue weighted by Crippen LogP contribution is -2.46. The van der Waals surface area contributed by atoms with Gasteiger partial charge >= 0.3 is 5.97 Å². The average Bonchev–Trinajstić information content (AvgIpc) is 1.97. The van der Waals surface area contributed by atoms with Gasteiger partial charge in [-0.25, -0.2) is 0 Å². The normalized spacial score (nSPS) is 31.8. The van der Waals surface area contributed by atoms with Crippen LogP contribution < -0.4 is 0 Å². The fourth-order valence-electron chi connectivity index (χ4n) is 1.67. The van der Waals surface area contributed by atoms with E-state index in [1.165, 1.54) is 0 Å². The molecular weight excluding hydrogens is 158 g/mol. The first-order valence-corrected chi connectivity index (χ1v) is 4.21. The van der Waals surface area contributed by atoms with Crippen LogP contribution in [0.25, 0.3) is 0 Å². The molecule has 0 amide bonds. The summed E-state index contributed by atoms with van der Waals surface area (Å²) in [6, 6.07) is -0.198. The Morgan fingerprint density at radius 2 is 2.33 bits per heavy atom. The lowest BCUT2D eigenvalue weighted by atomic mass is 9.97. The van der Waals surface area contributed by atoms with E-state index in [1.54, 1.807) is 0 Å². The second kappa shape index (κ2) is 3.87. The molecule has 0 aromatic heterocycles. The van der Waals surface area contributed by atoms with E-state index in [-0.39, 0.29) is 12.5 Å². The number of carboxylic acid groups (broad SMARTS) is 1. The molecule has 2 atom stereocenters. The zero-order valence-electron chi connectivity index (χ0n) is 7.23. The predicted octanol–water partition coefficient (Wildman–Crippen LogP) is -0.0838. The fraction of sp³-hybridized carbons (Fsp3) is 0.875. The minimum atomic E-state index is -0.840. The SMILES string of the molecule is CN1CCCC(O)C1CC(=O)O. The molecule has 2 N–H and O–H groups in total. The minimum absolute atomic E-state index is 0.0394. The second-order valence-electron chi connectivity index (χ2n) is 3.36. The topological polar surface area (TPSA) is 60.8 Å². The first kappa shape index (κ1) is 9.48. The van der Waals surface area contributed by atoms with E-state index in [0.29, 0.717) is 0 Å². The van der Waals surface area contributed by atoms with Crippen molar-refractivity contribution in [1.29, 1.82) is 0 Å². The van der Waals surface area contributed by atoms with Gasteiger partial charge in [-0.1, -0.05) is 0 Å². The number of aliphatic hydroxyl groups excluding tert-OH is 1. The molecule has 0 aliphatic carbocycles. The van der Waals surface area contributed by atoms with Crippen molar-refractivity contribution in [2.24, 2.45) is 0 Å². The van der Waals surface area contributed by atoms with Crippen LogP contribution in [0, 0.1) is 0 Å². The van der Waals surface area contributed by atoms with Gasteiger partial charge in [-0.2, -0.15) is 0 Å². The van der Waals surface area contributed by atoms with Gasteiger partial charge < -0.3 is 15.1 Å². The Bertz CT molecular complexity index is 162. The maximum absolute atomic E-state index is 10.4. The first-order valence-electron chi connectivity index (χ1n) is 4.21. The average molecular weight is 173 g/mol. The summed E-state index contributed by atoms with van der Waals surface area (Å²) in [5.74, 6) is -0.840. The maximum atomic E-state index is 10.4. The lowest BCUT2D eigenvalue weighted by molar-refractivity contribution is -0.140. The van der Waals surface area contributed by atoms with Gasteiger partial charge in [0.1, 0.15) is 0 Å². The molecule has 0 spiro atoms. The van der Waals surface area contributed by atoms with Crippen molar-refractivity contribution in [3.8, 4) is 0 Å². The summed E-state index contributed by atoms with van der Waals surface area (Å²) in [5, 5.41) is 18.0. The van der Waals surface area contributed by atoms with Gasteiger partial charge in [-0.05, 0) is 26.4 Å². The van der Waals surface area contributed by atoms with Gasteiger partial charge in [0.2, 0.25) is 0 Å². The Kier molecular flexibility index (Phi) is 3.05. The van der Waals surface area contributed by atoms with E-state index in [4.69, 9.17) is 5.11 Å². The van der Waals surface area contributed by atoms with Crippen LogP contribution in [-0.4, -0.2) is 46.8 Å². The molecule has 2 unspecified atom stereocenters. The highest BCUT2D eigenvalue weighted by Crippen LogP contribution is 2.18. The van der Waals surface area contributed by atoms with Crippen LogP contribution in [0.2, 0.25) is 0 Å². The number of piperidine rings is 1. The van der Waals surface area contributed by atoms with Crippen molar-refractivity contribution >= 4 is 5.97 Å². The molecule has 0 aromatic carbocycles. The number of likely N-dealkylation sites (tertiary alicyclic amines) is 1. The zero-order valence-corrected chi connectivity index (χ0v) is 7.23. The van der Waals surface area contributed by atoms with Gasteiger partial charge in [0, 0.05) is 6.04 Å². The molecule has 4 heteroatoms. The molecule has 0 bridgehead atoms. The molecule has 1 rings (SSSR count). The van der Waals surface area contributed by atoms with Crippen molar-refractivity contribution < 1.29 is 15.0 Å². The van der Waals surface area contributed by atoms with Crippen LogP contribution >= 0.6 is 0 Å². The predicted molar refractivity (Wildman–Crippen MR) is 43.9 cm³/mol. The Morgan fingerprint density at radius 1 is 1.67 bits per heavy atom. The van der Waals surface area contributed by atoms with E-state index in [0.717, 1.165) is 19.4 Å². The van der Waals surface area contributed by atoms with Gasteiger partial charge in [0.15, 0.2) is 0 Å². The third kappa shape index (κ3) is 2.19. The van der Waals surface area contributed by atoms with Crippen molar-refractivity contribution in [2.45, 2.75) is 31.4 Å². The number of hydrogen-bond donors (Lipinski definition) is 2. The van der Waals surface area contributed by atoms with Crippen molar-refractivity contribution in [3.63, 3.8) is 0 Å². The highest BCUT2D eigenvalue weighted by Gasteiger charge is 2.29. The zero-order chi connectivity index (χ0) is 9.14. The number of carbonyl (C=O) groups is 1.